The van der Waals surface area contributed by atoms with Gasteiger partial charge in [-0.3, -0.25) is 19.5 Å². The molecule has 3 aromatic carbocycles. The number of nitro groups is 1. The molecule has 4 aromatic rings. The van der Waals surface area contributed by atoms with Crippen LogP contribution < -0.4 is 5.43 Å². The molecule has 0 fully saturated rings. The fourth-order valence-electron chi connectivity index (χ4n) is 3.10. The maximum atomic E-state index is 12.3. The van der Waals surface area contributed by atoms with Gasteiger partial charge in [0, 0.05) is 28.4 Å². The minimum Gasteiger partial charge on any atom is -0.272 e. The molecule has 1 heterocycles. The standard InChI is InChI=1S/C24H19ClN6O3S/c1-16-2-6-18(7-3-16)23-28-29-24(30(23)20-12-8-19(25)9-13-20)35-15-22(32)27-26-14-17-4-10-21(11-5-17)31(33)34/h2-14H,15H2,1H3,(H,27,32)/b26-14-. The first-order valence-corrected chi connectivity index (χ1v) is 11.7. The summed E-state index contributed by atoms with van der Waals surface area (Å²) in [5.74, 6) is 0.360. The molecule has 35 heavy (non-hydrogen) atoms. The Morgan fingerprint density at radius 3 is 2.43 bits per heavy atom. The number of benzene rings is 3. The lowest BCUT2D eigenvalue weighted by molar-refractivity contribution is -0.384. The number of aromatic nitrogens is 3. The molecule has 1 N–H and O–H groups in total. The topological polar surface area (TPSA) is 115 Å². The minimum atomic E-state index is -0.479. The lowest BCUT2D eigenvalue weighted by Gasteiger charge is -2.10. The number of nitrogens with zero attached hydrogens (tertiary/aromatic N) is 5. The van der Waals surface area contributed by atoms with E-state index in [4.69, 9.17) is 11.6 Å². The predicted molar refractivity (Wildman–Crippen MR) is 136 cm³/mol. The van der Waals surface area contributed by atoms with Gasteiger partial charge in [0.1, 0.15) is 0 Å². The molecule has 1 amide bonds. The van der Waals surface area contributed by atoms with Crippen molar-refractivity contribution in [1.82, 2.24) is 20.2 Å². The van der Waals surface area contributed by atoms with Gasteiger partial charge >= 0.3 is 0 Å². The first-order valence-electron chi connectivity index (χ1n) is 10.4. The van der Waals surface area contributed by atoms with Crippen molar-refractivity contribution >= 4 is 41.2 Å². The van der Waals surface area contributed by atoms with E-state index < -0.39 is 4.92 Å². The third kappa shape index (κ3) is 6.11. The van der Waals surface area contributed by atoms with Crippen molar-refractivity contribution in [2.45, 2.75) is 12.1 Å². The quantitative estimate of drug-likeness (QED) is 0.155. The Hall–Kier alpha value is -4.02. The second-order valence-corrected chi connectivity index (χ2v) is 8.79. The number of aryl methyl sites for hydroxylation is 1. The zero-order chi connectivity index (χ0) is 24.8. The van der Waals surface area contributed by atoms with Crippen LogP contribution in [0, 0.1) is 17.0 Å². The average molecular weight is 507 g/mol. The number of carbonyl (C=O) groups excluding carboxylic acids is 1. The summed E-state index contributed by atoms with van der Waals surface area (Å²) in [5, 5.41) is 24.5. The Kier molecular flexibility index (Phi) is 7.54. The summed E-state index contributed by atoms with van der Waals surface area (Å²) in [4.78, 5) is 22.6. The number of non-ortho nitro benzene ring substituents is 1. The number of thioether (sulfide) groups is 1. The zero-order valence-electron chi connectivity index (χ0n) is 18.5. The van der Waals surface area contributed by atoms with Gasteiger partial charge in [-0.2, -0.15) is 5.10 Å². The lowest BCUT2D eigenvalue weighted by atomic mass is 10.1. The minimum absolute atomic E-state index is 0.0163. The molecule has 176 valence electrons. The fourth-order valence-corrected chi connectivity index (χ4v) is 3.97. The summed E-state index contributed by atoms with van der Waals surface area (Å²) in [7, 11) is 0. The number of halogens is 1. The molecule has 0 atom stereocenters. The van der Waals surface area contributed by atoms with Gasteiger partial charge in [0.2, 0.25) is 0 Å². The summed E-state index contributed by atoms with van der Waals surface area (Å²) in [5.41, 5.74) is 5.89. The maximum absolute atomic E-state index is 12.3. The highest BCUT2D eigenvalue weighted by Crippen LogP contribution is 2.28. The van der Waals surface area contributed by atoms with Crippen LogP contribution in [0.15, 0.2) is 83.1 Å². The van der Waals surface area contributed by atoms with Crippen molar-refractivity contribution in [3.8, 4) is 17.1 Å². The van der Waals surface area contributed by atoms with E-state index in [1.807, 2.05) is 47.9 Å². The van der Waals surface area contributed by atoms with Gasteiger partial charge in [-0.15, -0.1) is 10.2 Å². The Morgan fingerprint density at radius 1 is 1.09 bits per heavy atom. The Morgan fingerprint density at radius 2 is 1.77 bits per heavy atom. The maximum Gasteiger partial charge on any atom is 0.269 e. The van der Waals surface area contributed by atoms with Crippen LogP contribution in [0.4, 0.5) is 5.69 Å². The van der Waals surface area contributed by atoms with E-state index in [9.17, 15) is 14.9 Å². The van der Waals surface area contributed by atoms with Crippen molar-refractivity contribution in [1.29, 1.82) is 0 Å². The van der Waals surface area contributed by atoms with Crippen LogP contribution >= 0.6 is 23.4 Å². The van der Waals surface area contributed by atoms with Gasteiger partial charge in [-0.05, 0) is 48.9 Å². The van der Waals surface area contributed by atoms with Crippen LogP contribution in [0.2, 0.25) is 5.02 Å². The summed E-state index contributed by atoms with van der Waals surface area (Å²) >= 11 is 7.28. The molecule has 4 rings (SSSR count). The van der Waals surface area contributed by atoms with Crippen LogP contribution in [0.25, 0.3) is 17.1 Å². The molecule has 0 aliphatic rings. The van der Waals surface area contributed by atoms with E-state index in [-0.39, 0.29) is 17.3 Å². The van der Waals surface area contributed by atoms with Crippen molar-refractivity contribution < 1.29 is 9.72 Å². The number of nitrogens with one attached hydrogen (secondary N) is 1. The number of rotatable bonds is 8. The molecule has 0 saturated heterocycles. The highest BCUT2D eigenvalue weighted by molar-refractivity contribution is 7.99. The molecule has 0 saturated carbocycles. The summed E-state index contributed by atoms with van der Waals surface area (Å²) in [6.45, 7) is 2.01. The van der Waals surface area contributed by atoms with Gasteiger partial charge in [0.15, 0.2) is 11.0 Å². The lowest BCUT2D eigenvalue weighted by Crippen LogP contribution is -2.20. The van der Waals surface area contributed by atoms with Crippen molar-refractivity contribution in [3.63, 3.8) is 0 Å². The van der Waals surface area contributed by atoms with Crippen LogP contribution in [-0.4, -0.2) is 37.6 Å². The largest absolute Gasteiger partial charge is 0.272 e. The number of hydrogen-bond donors (Lipinski definition) is 1. The molecule has 9 nitrogen and oxygen atoms in total. The third-order valence-electron chi connectivity index (χ3n) is 4.87. The Balaban J connectivity index is 1.47. The summed E-state index contributed by atoms with van der Waals surface area (Å²) < 4.78 is 1.87. The number of nitro benzene ring substituents is 1. The third-order valence-corrected chi connectivity index (χ3v) is 6.05. The second kappa shape index (κ2) is 10.9. The van der Waals surface area contributed by atoms with E-state index in [1.54, 1.807) is 24.3 Å². The molecule has 0 spiro atoms. The second-order valence-electron chi connectivity index (χ2n) is 7.41. The van der Waals surface area contributed by atoms with Crippen molar-refractivity contribution in [2.24, 2.45) is 5.10 Å². The molecular formula is C24H19ClN6O3S. The fraction of sp³-hybridized carbons (Fsp3) is 0.0833. The summed E-state index contributed by atoms with van der Waals surface area (Å²) in [6.07, 6.45) is 1.41. The molecule has 0 unspecified atom stereocenters. The zero-order valence-corrected chi connectivity index (χ0v) is 20.0. The number of amides is 1. The highest BCUT2D eigenvalue weighted by Gasteiger charge is 2.17. The number of carbonyl (C=O) groups is 1. The molecule has 0 aliphatic heterocycles. The first-order chi connectivity index (χ1) is 16.9. The van der Waals surface area contributed by atoms with Crippen LogP contribution in [-0.2, 0) is 4.79 Å². The van der Waals surface area contributed by atoms with E-state index in [0.717, 1.165) is 16.8 Å². The van der Waals surface area contributed by atoms with E-state index >= 15 is 0 Å². The van der Waals surface area contributed by atoms with Crippen LogP contribution in [0.3, 0.4) is 0 Å². The monoisotopic (exact) mass is 506 g/mol. The number of hydrazone groups is 1. The Bertz CT molecular complexity index is 1370. The first kappa shape index (κ1) is 24.1. The molecule has 0 aliphatic carbocycles. The Labute approximate surface area is 210 Å². The molecule has 0 radical (unpaired) electrons. The van der Waals surface area contributed by atoms with E-state index in [0.29, 0.717) is 21.6 Å². The van der Waals surface area contributed by atoms with Crippen molar-refractivity contribution in [2.75, 3.05) is 5.75 Å². The van der Waals surface area contributed by atoms with Gasteiger partial charge in [-0.25, -0.2) is 5.43 Å². The predicted octanol–water partition coefficient (Wildman–Crippen LogP) is 5.05. The number of hydrogen-bond acceptors (Lipinski definition) is 7. The van der Waals surface area contributed by atoms with Crippen LogP contribution in [0.1, 0.15) is 11.1 Å². The smallest absolute Gasteiger partial charge is 0.269 e. The van der Waals surface area contributed by atoms with Crippen molar-refractivity contribution in [3.05, 3.63) is 99.1 Å². The van der Waals surface area contributed by atoms with Crippen LogP contribution in [0.5, 0.6) is 0 Å². The van der Waals surface area contributed by atoms with Gasteiger partial charge in [0.05, 0.1) is 16.9 Å². The average Bonchev–Trinajstić information content (AvgIpc) is 3.28. The van der Waals surface area contributed by atoms with E-state index in [2.05, 4.69) is 20.7 Å². The molecular weight excluding hydrogens is 488 g/mol. The SMILES string of the molecule is Cc1ccc(-c2nnc(SCC(=O)N/N=C\c3ccc([N+](=O)[O-])cc3)n2-c2ccc(Cl)cc2)cc1. The van der Waals surface area contributed by atoms with Gasteiger partial charge in [-0.1, -0.05) is 53.2 Å². The molecule has 1 aromatic heterocycles. The summed E-state index contributed by atoms with van der Waals surface area (Å²) in [6, 6.07) is 21.1. The van der Waals surface area contributed by atoms with Gasteiger partial charge in [0.25, 0.3) is 11.6 Å². The normalized spacial score (nSPS) is 11.0. The van der Waals surface area contributed by atoms with E-state index in [1.165, 1.54) is 30.1 Å². The molecule has 11 heteroatoms. The molecule has 0 bridgehead atoms. The van der Waals surface area contributed by atoms with Gasteiger partial charge < -0.3 is 0 Å². The highest BCUT2D eigenvalue weighted by atomic mass is 35.5.